The minimum atomic E-state index is -1.67. The number of unbranched alkanes of at least 4 members (excludes halogenated alkanes) is 23. The van der Waals surface area contributed by atoms with Crippen LogP contribution in [0, 0.1) is 0 Å². The molecule has 58 heavy (non-hydrogen) atoms. The Morgan fingerprint density at radius 1 is 0.586 bits per heavy atom. The van der Waals surface area contributed by atoms with Crippen LogP contribution in [0.1, 0.15) is 200 Å². The Hall–Kier alpha value is -1.41. The molecule has 1 rings (SSSR count). The van der Waals surface area contributed by atoms with Crippen LogP contribution in [-0.4, -0.2) is 110 Å². The Bertz CT molecular complexity index is 997. The molecule has 0 aromatic rings. The molecule has 1 aliphatic rings. The maximum absolute atomic E-state index is 13.1. The van der Waals surface area contributed by atoms with E-state index in [0.29, 0.717) is 12.8 Å². The quantitative estimate of drug-likeness (QED) is 0.0224. The minimum absolute atomic E-state index is 0.248. The van der Waals surface area contributed by atoms with Crippen molar-refractivity contribution in [3.05, 3.63) is 24.3 Å². The van der Waals surface area contributed by atoms with Crippen LogP contribution in [0.3, 0.4) is 0 Å². The van der Waals surface area contributed by atoms with Gasteiger partial charge in [-0.2, -0.15) is 0 Å². The van der Waals surface area contributed by atoms with E-state index >= 15 is 0 Å². The average molecular weight is 828 g/mol. The molecule has 0 bridgehead atoms. The number of carbonyl (C=O) groups is 1. The third-order valence-electron chi connectivity index (χ3n) is 11.5. The Kier molecular flexibility index (Phi) is 35.2. The van der Waals surface area contributed by atoms with E-state index in [9.17, 15) is 40.5 Å². The van der Waals surface area contributed by atoms with Gasteiger partial charge < -0.3 is 50.5 Å². The first kappa shape index (κ1) is 54.6. The van der Waals surface area contributed by atoms with Gasteiger partial charge in [-0.05, 0) is 64.2 Å². The highest BCUT2D eigenvalue weighted by atomic mass is 16.7. The predicted octanol–water partition coefficient (Wildman–Crippen LogP) is 7.84. The maximum atomic E-state index is 13.1. The summed E-state index contributed by atoms with van der Waals surface area (Å²) in [7, 11) is 0. The van der Waals surface area contributed by atoms with Crippen molar-refractivity contribution in [2.75, 3.05) is 13.2 Å². The molecule has 9 atom stereocenters. The van der Waals surface area contributed by atoms with Crippen molar-refractivity contribution in [1.82, 2.24) is 5.32 Å². The largest absolute Gasteiger partial charge is 0.394 e. The Morgan fingerprint density at radius 3 is 1.48 bits per heavy atom. The van der Waals surface area contributed by atoms with Gasteiger partial charge in [-0.3, -0.25) is 4.79 Å². The highest BCUT2D eigenvalue weighted by Crippen LogP contribution is 2.23. The fourth-order valence-electron chi connectivity index (χ4n) is 7.49. The second-order valence-electron chi connectivity index (χ2n) is 16.8. The molecular weight excluding hydrogens is 739 g/mol. The smallest absolute Gasteiger partial charge is 0.249 e. The van der Waals surface area contributed by atoms with Gasteiger partial charge in [-0.1, -0.05) is 160 Å². The third-order valence-corrected chi connectivity index (χ3v) is 11.5. The summed E-state index contributed by atoms with van der Waals surface area (Å²) in [4.78, 5) is 13.1. The van der Waals surface area contributed by atoms with Crippen molar-refractivity contribution < 1.29 is 50.0 Å². The van der Waals surface area contributed by atoms with Crippen molar-refractivity contribution in [3.63, 3.8) is 0 Å². The molecule has 1 heterocycles. The van der Waals surface area contributed by atoms with Gasteiger partial charge in [-0.15, -0.1) is 0 Å². The van der Waals surface area contributed by atoms with Gasteiger partial charge in [0.25, 0.3) is 0 Å². The molecule has 342 valence electrons. The summed E-state index contributed by atoms with van der Waals surface area (Å²) in [6.45, 7) is 3.39. The lowest BCUT2D eigenvalue weighted by Crippen LogP contribution is -2.60. The summed E-state index contributed by atoms with van der Waals surface area (Å²) < 4.78 is 11.1. The van der Waals surface area contributed by atoms with Crippen molar-refractivity contribution in [2.24, 2.45) is 0 Å². The number of nitrogens with one attached hydrogen (secondary N) is 1. The van der Waals surface area contributed by atoms with E-state index < -0.39 is 74.2 Å². The number of amides is 1. The van der Waals surface area contributed by atoms with Crippen LogP contribution >= 0.6 is 0 Å². The zero-order chi connectivity index (χ0) is 42.6. The van der Waals surface area contributed by atoms with Gasteiger partial charge in [0.05, 0.1) is 25.4 Å². The summed E-state index contributed by atoms with van der Waals surface area (Å²) in [5.41, 5.74) is 0. The van der Waals surface area contributed by atoms with E-state index in [-0.39, 0.29) is 12.8 Å². The van der Waals surface area contributed by atoms with Gasteiger partial charge in [0.1, 0.15) is 36.6 Å². The Labute approximate surface area is 353 Å². The lowest BCUT2D eigenvalue weighted by Gasteiger charge is -2.40. The van der Waals surface area contributed by atoms with E-state index in [4.69, 9.17) is 9.47 Å². The SMILES string of the molecule is CCCCCCC/C=C/CCCC(O)C(O)C(COC1OC(CO)C(O)C(O)C1O)NC(=O)C(O)CCCCCCCC/C=C\CCCCCCCCCCCCC. The molecule has 0 radical (unpaired) electrons. The van der Waals surface area contributed by atoms with Crippen LogP contribution in [0.25, 0.3) is 0 Å². The first-order valence-electron chi connectivity index (χ1n) is 23.7. The molecule has 0 aliphatic carbocycles. The van der Waals surface area contributed by atoms with Crippen LogP contribution in [0.2, 0.25) is 0 Å². The van der Waals surface area contributed by atoms with Crippen LogP contribution < -0.4 is 5.32 Å². The zero-order valence-electron chi connectivity index (χ0n) is 36.8. The van der Waals surface area contributed by atoms with Crippen molar-refractivity contribution in [1.29, 1.82) is 0 Å². The molecule has 0 spiro atoms. The highest BCUT2D eigenvalue weighted by molar-refractivity contribution is 5.80. The van der Waals surface area contributed by atoms with Gasteiger partial charge in [-0.25, -0.2) is 0 Å². The molecule has 1 aliphatic heterocycles. The summed E-state index contributed by atoms with van der Waals surface area (Å²) in [5, 5.41) is 75.5. The topological polar surface area (TPSA) is 189 Å². The number of aliphatic hydroxyl groups is 7. The number of rotatable bonds is 39. The number of carbonyl (C=O) groups excluding carboxylic acids is 1. The molecule has 1 amide bonds. The first-order valence-corrected chi connectivity index (χ1v) is 23.7. The molecule has 11 heteroatoms. The number of hydrogen-bond donors (Lipinski definition) is 8. The average Bonchev–Trinajstić information content (AvgIpc) is 3.22. The molecule has 9 unspecified atom stereocenters. The fraction of sp³-hybridized carbons (Fsp3) is 0.894. The highest BCUT2D eigenvalue weighted by Gasteiger charge is 2.44. The summed E-state index contributed by atoms with van der Waals surface area (Å²) in [5.74, 6) is -0.713. The molecule has 8 N–H and O–H groups in total. The van der Waals surface area contributed by atoms with Crippen molar-refractivity contribution in [2.45, 2.75) is 255 Å². The lowest BCUT2D eigenvalue weighted by molar-refractivity contribution is -0.303. The van der Waals surface area contributed by atoms with Crippen LogP contribution in [0.15, 0.2) is 24.3 Å². The fourth-order valence-corrected chi connectivity index (χ4v) is 7.49. The predicted molar refractivity (Wildman–Crippen MR) is 233 cm³/mol. The van der Waals surface area contributed by atoms with Crippen molar-refractivity contribution in [3.8, 4) is 0 Å². The molecule has 0 aromatic heterocycles. The molecule has 1 saturated heterocycles. The van der Waals surface area contributed by atoms with E-state index in [0.717, 1.165) is 57.8 Å². The number of ether oxygens (including phenoxy) is 2. The monoisotopic (exact) mass is 828 g/mol. The first-order chi connectivity index (χ1) is 28.2. The normalized spacial score (nSPS) is 22.1. The minimum Gasteiger partial charge on any atom is -0.394 e. The number of allylic oxidation sites excluding steroid dienone is 4. The lowest BCUT2D eigenvalue weighted by atomic mass is 9.98. The van der Waals surface area contributed by atoms with Gasteiger partial charge in [0.2, 0.25) is 5.91 Å². The standard InChI is InChI=1S/C47H89NO10/c1-3-5-7-9-11-13-15-16-17-18-19-20-21-22-23-24-25-27-29-31-33-35-40(51)46(56)48-38(37-57-47-45(55)44(54)43(53)41(36-49)58-47)42(52)39(50)34-32-30-28-26-14-12-10-8-6-4-2/h21-22,26,28,38-45,47,49-55H,3-20,23-25,27,29-37H2,1-2H3,(H,48,56)/b22-21-,28-26+. The molecule has 0 saturated carbocycles. The second-order valence-corrected chi connectivity index (χ2v) is 16.8. The molecule has 0 aromatic carbocycles. The van der Waals surface area contributed by atoms with E-state index in [1.54, 1.807) is 0 Å². The van der Waals surface area contributed by atoms with E-state index in [2.05, 4.69) is 43.5 Å². The number of aliphatic hydroxyl groups excluding tert-OH is 7. The van der Waals surface area contributed by atoms with Gasteiger partial charge >= 0.3 is 0 Å². The van der Waals surface area contributed by atoms with Crippen molar-refractivity contribution >= 4 is 5.91 Å². The number of hydrogen-bond acceptors (Lipinski definition) is 10. The van der Waals surface area contributed by atoms with E-state index in [1.807, 2.05) is 0 Å². The zero-order valence-corrected chi connectivity index (χ0v) is 36.8. The summed E-state index contributed by atoms with van der Waals surface area (Å²) >= 11 is 0. The molecular formula is C47H89NO10. The Balaban J connectivity index is 2.39. The summed E-state index contributed by atoms with van der Waals surface area (Å²) in [6.07, 6.45) is 29.6. The molecule has 11 nitrogen and oxygen atoms in total. The van der Waals surface area contributed by atoms with Crippen LogP contribution in [-0.2, 0) is 14.3 Å². The van der Waals surface area contributed by atoms with Gasteiger partial charge in [0.15, 0.2) is 6.29 Å². The van der Waals surface area contributed by atoms with Crippen LogP contribution in [0.5, 0.6) is 0 Å². The third kappa shape index (κ3) is 26.7. The Morgan fingerprint density at radius 2 is 1.02 bits per heavy atom. The molecule has 1 fully saturated rings. The van der Waals surface area contributed by atoms with E-state index in [1.165, 1.54) is 103 Å². The van der Waals surface area contributed by atoms with Gasteiger partial charge in [0, 0.05) is 0 Å². The second kappa shape index (κ2) is 37.4. The maximum Gasteiger partial charge on any atom is 0.249 e. The van der Waals surface area contributed by atoms with Crippen LogP contribution in [0.4, 0.5) is 0 Å². The summed E-state index contributed by atoms with van der Waals surface area (Å²) in [6, 6.07) is -1.18.